The molecule has 0 saturated heterocycles. The van der Waals surface area contributed by atoms with Gasteiger partial charge in [0.25, 0.3) is 0 Å². The van der Waals surface area contributed by atoms with Crippen molar-refractivity contribution in [3.63, 3.8) is 0 Å². The zero-order valence-corrected chi connectivity index (χ0v) is 11.9. The molecule has 0 spiro atoms. The summed E-state index contributed by atoms with van der Waals surface area (Å²) < 4.78 is 27.3. The van der Waals surface area contributed by atoms with Crippen molar-refractivity contribution in [3.8, 4) is 0 Å². The van der Waals surface area contributed by atoms with Gasteiger partial charge in [-0.05, 0) is 44.4 Å². The van der Waals surface area contributed by atoms with Gasteiger partial charge in [0, 0.05) is 17.8 Å². The second-order valence-corrected chi connectivity index (χ2v) is 7.02. The van der Waals surface area contributed by atoms with E-state index in [-0.39, 0.29) is 0 Å². The van der Waals surface area contributed by atoms with Crippen LogP contribution in [0.2, 0.25) is 0 Å². The Kier molecular flexibility index (Phi) is 3.38. The minimum absolute atomic E-state index is 0.331. The first-order valence-electron chi connectivity index (χ1n) is 6.25. The Bertz CT molecular complexity index is 550. The van der Waals surface area contributed by atoms with Gasteiger partial charge < -0.3 is 5.32 Å². The molecule has 1 aliphatic rings. The van der Waals surface area contributed by atoms with Gasteiger partial charge in [0.2, 0.25) is 10.0 Å². The molecule has 0 unspecified atom stereocenters. The molecule has 2 rings (SSSR count). The average molecular weight is 268 g/mol. The molecule has 0 atom stereocenters. The Morgan fingerprint density at radius 2 is 2.11 bits per heavy atom. The Balaban J connectivity index is 2.31. The Morgan fingerprint density at radius 1 is 1.39 bits per heavy atom. The highest BCUT2D eigenvalue weighted by Gasteiger charge is 2.25. The number of sulfonamides is 1. The molecule has 1 aromatic carbocycles. The van der Waals surface area contributed by atoms with E-state index < -0.39 is 15.6 Å². The van der Waals surface area contributed by atoms with Crippen molar-refractivity contribution < 1.29 is 8.42 Å². The van der Waals surface area contributed by atoms with Crippen LogP contribution in [0.1, 0.15) is 32.8 Å². The van der Waals surface area contributed by atoms with Crippen molar-refractivity contribution >= 4 is 15.7 Å². The summed E-state index contributed by atoms with van der Waals surface area (Å²) in [5, 5.41) is 3.20. The number of fused-ring (bicyclic) bond motifs is 1. The fourth-order valence-corrected chi connectivity index (χ4v) is 3.44. The molecule has 4 nitrogen and oxygen atoms in total. The largest absolute Gasteiger partial charge is 0.384 e. The van der Waals surface area contributed by atoms with E-state index in [1.807, 2.05) is 26.8 Å². The van der Waals surface area contributed by atoms with Crippen molar-refractivity contribution in [2.24, 2.45) is 0 Å². The van der Waals surface area contributed by atoms with Gasteiger partial charge in [0.1, 0.15) is 0 Å². The number of nitrogens with one attached hydrogen (secondary N) is 2. The zero-order valence-electron chi connectivity index (χ0n) is 11.1. The van der Waals surface area contributed by atoms with Crippen LogP contribution in [0.4, 0.5) is 5.69 Å². The molecule has 5 heteroatoms. The monoisotopic (exact) mass is 268 g/mol. The van der Waals surface area contributed by atoms with E-state index in [1.165, 1.54) is 5.56 Å². The molecule has 0 saturated carbocycles. The van der Waals surface area contributed by atoms with Gasteiger partial charge in [-0.25, -0.2) is 13.1 Å². The van der Waals surface area contributed by atoms with E-state index in [1.54, 1.807) is 12.1 Å². The first kappa shape index (κ1) is 13.4. The normalized spacial score (nSPS) is 15.3. The van der Waals surface area contributed by atoms with E-state index in [0.717, 1.165) is 25.1 Å². The van der Waals surface area contributed by atoms with Crippen molar-refractivity contribution in [1.82, 2.24) is 4.72 Å². The van der Waals surface area contributed by atoms with Crippen LogP contribution in [-0.4, -0.2) is 20.5 Å². The van der Waals surface area contributed by atoms with Crippen LogP contribution < -0.4 is 10.0 Å². The molecule has 0 bridgehead atoms. The molecule has 1 aliphatic heterocycles. The second kappa shape index (κ2) is 4.55. The molecule has 0 aromatic heterocycles. The van der Waals surface area contributed by atoms with Gasteiger partial charge in [0.15, 0.2) is 0 Å². The van der Waals surface area contributed by atoms with Crippen molar-refractivity contribution in [2.45, 2.75) is 44.0 Å². The van der Waals surface area contributed by atoms with E-state index in [2.05, 4.69) is 10.0 Å². The third-order valence-electron chi connectivity index (χ3n) is 3.40. The van der Waals surface area contributed by atoms with Crippen molar-refractivity contribution in [2.75, 3.05) is 11.9 Å². The molecule has 1 heterocycles. The van der Waals surface area contributed by atoms with Gasteiger partial charge >= 0.3 is 0 Å². The Morgan fingerprint density at radius 3 is 2.78 bits per heavy atom. The van der Waals surface area contributed by atoms with Crippen LogP contribution in [0.3, 0.4) is 0 Å². The molecule has 0 fully saturated rings. The molecular weight excluding hydrogens is 248 g/mol. The minimum atomic E-state index is -3.44. The summed E-state index contributed by atoms with van der Waals surface area (Å²) in [6.07, 6.45) is 1.71. The van der Waals surface area contributed by atoms with E-state index >= 15 is 0 Å². The number of hydrogen-bond acceptors (Lipinski definition) is 3. The molecule has 18 heavy (non-hydrogen) atoms. The third-order valence-corrected chi connectivity index (χ3v) is 5.09. The fraction of sp³-hybridized carbons (Fsp3) is 0.538. The van der Waals surface area contributed by atoms with Gasteiger partial charge in [0.05, 0.1) is 4.90 Å². The summed E-state index contributed by atoms with van der Waals surface area (Å²) in [4.78, 5) is 0.331. The lowest BCUT2D eigenvalue weighted by atomic mass is 10.0. The van der Waals surface area contributed by atoms with Crippen LogP contribution in [0.25, 0.3) is 0 Å². The smallest absolute Gasteiger partial charge is 0.241 e. The number of rotatable bonds is 4. The number of anilines is 1. The van der Waals surface area contributed by atoms with Gasteiger partial charge in [-0.3, -0.25) is 0 Å². The Labute approximate surface area is 109 Å². The maximum atomic E-state index is 12.3. The lowest BCUT2D eigenvalue weighted by Crippen LogP contribution is -2.42. The second-order valence-electron chi connectivity index (χ2n) is 5.34. The topological polar surface area (TPSA) is 58.2 Å². The van der Waals surface area contributed by atoms with Crippen LogP contribution in [0.15, 0.2) is 23.1 Å². The van der Waals surface area contributed by atoms with Gasteiger partial charge in [-0.15, -0.1) is 0 Å². The van der Waals surface area contributed by atoms with Crippen LogP contribution in [-0.2, 0) is 16.4 Å². The van der Waals surface area contributed by atoms with E-state index in [4.69, 9.17) is 0 Å². The van der Waals surface area contributed by atoms with Crippen LogP contribution in [0, 0.1) is 0 Å². The number of benzene rings is 1. The quantitative estimate of drug-likeness (QED) is 0.879. The highest BCUT2D eigenvalue weighted by atomic mass is 32.2. The highest BCUT2D eigenvalue weighted by Crippen LogP contribution is 2.26. The first-order valence-corrected chi connectivity index (χ1v) is 7.73. The molecule has 0 aliphatic carbocycles. The van der Waals surface area contributed by atoms with Gasteiger partial charge in [-0.1, -0.05) is 13.0 Å². The molecule has 0 amide bonds. The molecular formula is C13H20N2O2S. The van der Waals surface area contributed by atoms with Crippen molar-refractivity contribution in [3.05, 3.63) is 23.8 Å². The fourth-order valence-electron chi connectivity index (χ4n) is 1.93. The standard InChI is InChI=1S/C13H20N2O2S/c1-4-13(2,3)15-18(16,17)11-6-5-10-7-8-14-12(10)9-11/h5-6,9,14-15H,4,7-8H2,1-3H3. The zero-order chi connectivity index (χ0) is 13.4. The van der Waals surface area contributed by atoms with E-state index in [0.29, 0.717) is 4.90 Å². The molecule has 2 N–H and O–H groups in total. The van der Waals surface area contributed by atoms with Crippen LogP contribution >= 0.6 is 0 Å². The molecule has 100 valence electrons. The van der Waals surface area contributed by atoms with Crippen molar-refractivity contribution in [1.29, 1.82) is 0 Å². The summed E-state index contributed by atoms with van der Waals surface area (Å²) in [5.74, 6) is 0. The summed E-state index contributed by atoms with van der Waals surface area (Å²) >= 11 is 0. The summed E-state index contributed by atoms with van der Waals surface area (Å²) in [6, 6.07) is 5.29. The predicted molar refractivity (Wildman–Crippen MR) is 73.3 cm³/mol. The first-order chi connectivity index (χ1) is 8.34. The van der Waals surface area contributed by atoms with E-state index in [9.17, 15) is 8.42 Å². The highest BCUT2D eigenvalue weighted by molar-refractivity contribution is 7.89. The summed E-state index contributed by atoms with van der Waals surface area (Å²) in [6.45, 7) is 6.62. The molecule has 0 radical (unpaired) electrons. The van der Waals surface area contributed by atoms with Gasteiger partial charge in [-0.2, -0.15) is 0 Å². The van der Waals surface area contributed by atoms with Crippen LogP contribution in [0.5, 0.6) is 0 Å². The summed E-state index contributed by atoms with van der Waals surface area (Å²) in [5.41, 5.74) is 1.70. The third kappa shape index (κ3) is 2.67. The summed E-state index contributed by atoms with van der Waals surface area (Å²) in [7, 11) is -3.44. The average Bonchev–Trinajstić information content (AvgIpc) is 2.74. The number of hydrogen-bond donors (Lipinski definition) is 2. The maximum absolute atomic E-state index is 12.3. The lowest BCUT2D eigenvalue weighted by molar-refractivity contribution is 0.439. The predicted octanol–water partition coefficient (Wildman–Crippen LogP) is 2.12. The maximum Gasteiger partial charge on any atom is 0.241 e. The lowest BCUT2D eigenvalue weighted by Gasteiger charge is -2.24. The molecule has 1 aromatic rings. The SMILES string of the molecule is CCC(C)(C)NS(=O)(=O)c1ccc2c(c1)NCC2. The minimum Gasteiger partial charge on any atom is -0.384 e. The Hall–Kier alpha value is -1.07.